The van der Waals surface area contributed by atoms with Gasteiger partial charge in [0.25, 0.3) is 0 Å². The Kier molecular flexibility index (Phi) is 3.79. The Hall–Kier alpha value is -1.07. The molecule has 0 bridgehead atoms. The lowest BCUT2D eigenvalue weighted by atomic mass is 10.2. The van der Waals surface area contributed by atoms with Crippen LogP contribution in [0.3, 0.4) is 0 Å². The van der Waals surface area contributed by atoms with Gasteiger partial charge in [-0.1, -0.05) is 18.2 Å². The van der Waals surface area contributed by atoms with Crippen molar-refractivity contribution in [3.8, 4) is 11.5 Å². The smallest absolute Gasteiger partial charge is 0.132 e. The fourth-order valence-corrected chi connectivity index (χ4v) is 1.72. The van der Waals surface area contributed by atoms with Crippen LogP contribution >= 0.6 is 22.6 Å². The van der Waals surface area contributed by atoms with Crippen molar-refractivity contribution in [3.63, 3.8) is 0 Å². The third kappa shape index (κ3) is 2.74. The highest BCUT2D eigenvalue weighted by molar-refractivity contribution is 14.1. The van der Waals surface area contributed by atoms with Crippen LogP contribution < -0.4 is 4.74 Å². The Balaban J connectivity index is 2.23. The highest BCUT2D eigenvalue weighted by Gasteiger charge is 2.02. The Morgan fingerprint density at radius 3 is 2.38 bits per heavy atom. The van der Waals surface area contributed by atoms with E-state index in [0.29, 0.717) is 5.75 Å². The third-order valence-corrected chi connectivity index (χ3v) is 2.90. The number of hydrogen-bond acceptors (Lipinski definition) is 2. The zero-order valence-corrected chi connectivity index (χ0v) is 10.7. The van der Waals surface area contributed by atoms with E-state index in [2.05, 4.69) is 22.6 Å². The molecule has 2 aromatic rings. The maximum atomic E-state index is 9.16. The Bertz CT molecular complexity index is 466. The predicted molar refractivity (Wildman–Crippen MR) is 71.6 cm³/mol. The molecule has 16 heavy (non-hydrogen) atoms. The molecule has 0 atom stereocenters. The van der Waals surface area contributed by atoms with Crippen LogP contribution in [0.2, 0.25) is 0 Å². The van der Waals surface area contributed by atoms with Gasteiger partial charge in [-0.25, -0.2) is 0 Å². The number of halogens is 1. The second-order valence-electron chi connectivity index (χ2n) is 3.32. The van der Waals surface area contributed by atoms with Gasteiger partial charge in [-0.3, -0.25) is 0 Å². The van der Waals surface area contributed by atoms with Crippen molar-refractivity contribution in [2.45, 2.75) is 6.61 Å². The molecule has 0 saturated heterocycles. The SMILES string of the molecule is OCc1ccccc1Oc1ccc(I)cc1. The van der Waals surface area contributed by atoms with Crippen LogP contribution in [0.25, 0.3) is 0 Å². The van der Waals surface area contributed by atoms with E-state index < -0.39 is 0 Å². The fraction of sp³-hybridized carbons (Fsp3) is 0.0769. The number of aliphatic hydroxyl groups excluding tert-OH is 1. The van der Waals surface area contributed by atoms with Crippen molar-refractivity contribution in [1.82, 2.24) is 0 Å². The molecule has 0 aromatic heterocycles. The zero-order valence-electron chi connectivity index (χ0n) is 8.56. The highest BCUT2D eigenvalue weighted by atomic mass is 127. The summed E-state index contributed by atoms with van der Waals surface area (Å²) in [6.45, 7) is -0.0134. The Labute approximate surface area is 108 Å². The first kappa shape index (κ1) is 11.4. The largest absolute Gasteiger partial charge is 0.457 e. The summed E-state index contributed by atoms with van der Waals surface area (Å²) < 4.78 is 6.86. The van der Waals surface area contributed by atoms with Crippen LogP contribution in [0.15, 0.2) is 48.5 Å². The lowest BCUT2D eigenvalue weighted by Gasteiger charge is -2.09. The molecule has 2 rings (SSSR count). The Morgan fingerprint density at radius 1 is 1.00 bits per heavy atom. The monoisotopic (exact) mass is 326 g/mol. The van der Waals surface area contributed by atoms with Crippen molar-refractivity contribution in [2.24, 2.45) is 0 Å². The van der Waals surface area contributed by atoms with Gasteiger partial charge < -0.3 is 9.84 Å². The first-order chi connectivity index (χ1) is 7.79. The van der Waals surface area contributed by atoms with Crippen molar-refractivity contribution in [3.05, 3.63) is 57.7 Å². The van der Waals surface area contributed by atoms with Crippen LogP contribution in [0.1, 0.15) is 5.56 Å². The summed E-state index contributed by atoms with van der Waals surface area (Å²) in [7, 11) is 0. The van der Waals surface area contributed by atoms with Crippen LogP contribution in [0.5, 0.6) is 11.5 Å². The van der Waals surface area contributed by atoms with E-state index in [1.54, 1.807) is 0 Å². The molecule has 0 amide bonds. The van der Waals surface area contributed by atoms with Gasteiger partial charge in [0.1, 0.15) is 11.5 Å². The average molecular weight is 326 g/mol. The fourth-order valence-electron chi connectivity index (χ4n) is 1.36. The maximum absolute atomic E-state index is 9.16. The summed E-state index contributed by atoms with van der Waals surface area (Å²) in [5.41, 5.74) is 0.793. The zero-order chi connectivity index (χ0) is 11.4. The topological polar surface area (TPSA) is 29.5 Å². The summed E-state index contributed by atoms with van der Waals surface area (Å²) in [5.74, 6) is 1.48. The summed E-state index contributed by atoms with van der Waals surface area (Å²) >= 11 is 2.25. The van der Waals surface area contributed by atoms with E-state index in [9.17, 15) is 0 Å². The molecule has 0 aliphatic carbocycles. The molecule has 0 spiro atoms. The molecule has 3 heteroatoms. The van der Waals surface area contributed by atoms with E-state index in [-0.39, 0.29) is 6.61 Å². The van der Waals surface area contributed by atoms with E-state index in [4.69, 9.17) is 9.84 Å². The third-order valence-electron chi connectivity index (χ3n) is 2.18. The van der Waals surface area contributed by atoms with Gasteiger partial charge in [-0.05, 0) is 52.9 Å². The molecular weight excluding hydrogens is 315 g/mol. The molecule has 0 heterocycles. The van der Waals surface area contributed by atoms with E-state index in [0.717, 1.165) is 11.3 Å². The minimum atomic E-state index is -0.0134. The molecule has 0 aliphatic rings. The van der Waals surface area contributed by atoms with Gasteiger partial charge in [-0.15, -0.1) is 0 Å². The normalized spacial score (nSPS) is 10.1. The van der Waals surface area contributed by atoms with Crippen molar-refractivity contribution in [1.29, 1.82) is 0 Å². The second-order valence-corrected chi connectivity index (χ2v) is 4.57. The minimum Gasteiger partial charge on any atom is -0.457 e. The molecule has 1 N–H and O–H groups in total. The lowest BCUT2D eigenvalue weighted by Crippen LogP contribution is -1.90. The van der Waals surface area contributed by atoms with Gasteiger partial charge in [0.15, 0.2) is 0 Å². The molecule has 0 aliphatic heterocycles. The van der Waals surface area contributed by atoms with Crippen molar-refractivity contribution in [2.75, 3.05) is 0 Å². The van der Waals surface area contributed by atoms with Crippen LogP contribution in [0, 0.1) is 3.57 Å². The molecule has 0 unspecified atom stereocenters. The van der Waals surface area contributed by atoms with Crippen LogP contribution in [0.4, 0.5) is 0 Å². The van der Waals surface area contributed by atoms with Gasteiger partial charge in [0.2, 0.25) is 0 Å². The predicted octanol–water partition coefficient (Wildman–Crippen LogP) is 3.58. The standard InChI is InChI=1S/C13H11IO2/c14-11-5-7-12(8-6-11)16-13-4-2-1-3-10(13)9-15/h1-8,15H,9H2. The molecule has 0 saturated carbocycles. The Morgan fingerprint density at radius 2 is 1.69 bits per heavy atom. The summed E-state index contributed by atoms with van der Waals surface area (Å²) in [6.07, 6.45) is 0. The van der Waals surface area contributed by atoms with Gasteiger partial charge in [0.05, 0.1) is 6.61 Å². The lowest BCUT2D eigenvalue weighted by molar-refractivity contribution is 0.276. The first-order valence-electron chi connectivity index (χ1n) is 4.92. The van der Waals surface area contributed by atoms with Gasteiger partial charge in [0, 0.05) is 9.13 Å². The number of ether oxygens (including phenoxy) is 1. The van der Waals surface area contributed by atoms with Crippen LogP contribution in [-0.2, 0) is 6.61 Å². The van der Waals surface area contributed by atoms with E-state index >= 15 is 0 Å². The molecule has 2 nitrogen and oxygen atoms in total. The number of para-hydroxylation sites is 1. The highest BCUT2D eigenvalue weighted by Crippen LogP contribution is 2.25. The number of benzene rings is 2. The molecule has 2 aromatic carbocycles. The number of aliphatic hydroxyl groups is 1. The summed E-state index contributed by atoms with van der Waals surface area (Å²) in [5, 5.41) is 9.16. The number of hydrogen-bond donors (Lipinski definition) is 1. The minimum absolute atomic E-state index is 0.0134. The van der Waals surface area contributed by atoms with Crippen molar-refractivity contribution >= 4 is 22.6 Å². The first-order valence-corrected chi connectivity index (χ1v) is 5.99. The molecule has 0 fully saturated rings. The maximum Gasteiger partial charge on any atom is 0.132 e. The molecule has 0 radical (unpaired) electrons. The summed E-state index contributed by atoms with van der Waals surface area (Å²) in [4.78, 5) is 0. The molecule has 82 valence electrons. The van der Waals surface area contributed by atoms with E-state index in [1.165, 1.54) is 3.57 Å². The number of rotatable bonds is 3. The molecular formula is C13H11IO2. The van der Waals surface area contributed by atoms with Gasteiger partial charge in [-0.2, -0.15) is 0 Å². The van der Waals surface area contributed by atoms with E-state index in [1.807, 2.05) is 48.5 Å². The van der Waals surface area contributed by atoms with Crippen LogP contribution in [-0.4, -0.2) is 5.11 Å². The quantitative estimate of drug-likeness (QED) is 0.874. The summed E-state index contributed by atoms with van der Waals surface area (Å²) in [6, 6.07) is 15.3. The van der Waals surface area contributed by atoms with Gasteiger partial charge >= 0.3 is 0 Å². The average Bonchev–Trinajstić information content (AvgIpc) is 2.33. The second kappa shape index (κ2) is 5.32. The van der Waals surface area contributed by atoms with Crippen molar-refractivity contribution < 1.29 is 9.84 Å².